The topological polar surface area (TPSA) is 14.0 Å². The van der Waals surface area contributed by atoms with Crippen LogP contribution >= 0.6 is 0 Å². The quantitative estimate of drug-likeness (QED) is 0.598. The van der Waals surface area contributed by atoms with Crippen LogP contribution in [0.1, 0.15) is 24.4 Å². The summed E-state index contributed by atoms with van der Waals surface area (Å²) in [6.07, 6.45) is 4.58. The number of hydrogen-bond acceptors (Lipinski definition) is 0. The summed E-state index contributed by atoms with van der Waals surface area (Å²) >= 11 is 0. The van der Waals surface area contributed by atoms with Gasteiger partial charge in [-0.25, -0.2) is 4.99 Å². The number of rotatable bonds is 1. The first-order valence-corrected chi connectivity index (χ1v) is 4.09. The van der Waals surface area contributed by atoms with Gasteiger partial charge in [0, 0.05) is 18.4 Å². The van der Waals surface area contributed by atoms with Crippen LogP contribution in [0.25, 0.3) is 0 Å². The van der Waals surface area contributed by atoms with E-state index in [1.54, 1.807) is 0 Å². The molecule has 56 valence electrons. The third-order valence-corrected chi connectivity index (χ3v) is 2.12. The van der Waals surface area contributed by atoms with Gasteiger partial charge >= 0.3 is 0 Å². The minimum atomic E-state index is 0.566. The first-order chi connectivity index (χ1) is 5.47. The molecule has 0 radical (unpaired) electrons. The standard InChI is InChI=1S/C10H11N/c1-2-5-9(6-3-1)10-7-4-8-11-10/h1-3,5-6,8,10H,4,7H2/p+1. The number of hydrogen-bond donors (Lipinski definition) is 1. The fraction of sp³-hybridized carbons (Fsp3) is 0.300. The summed E-state index contributed by atoms with van der Waals surface area (Å²) in [4.78, 5) is 3.35. The maximum atomic E-state index is 3.35. The SMILES string of the molecule is C1=[NH+]C(c2ccccc2)CC1. The van der Waals surface area contributed by atoms with Crippen molar-refractivity contribution >= 4 is 6.21 Å². The van der Waals surface area contributed by atoms with E-state index in [1.807, 2.05) is 0 Å². The van der Waals surface area contributed by atoms with Crippen molar-refractivity contribution < 1.29 is 4.99 Å². The van der Waals surface area contributed by atoms with Crippen molar-refractivity contribution in [2.45, 2.75) is 18.9 Å². The average Bonchev–Trinajstić information content (AvgIpc) is 2.58. The Morgan fingerprint density at radius 2 is 2.00 bits per heavy atom. The van der Waals surface area contributed by atoms with Gasteiger partial charge in [0.1, 0.15) is 6.21 Å². The Labute approximate surface area is 66.8 Å². The molecule has 1 atom stereocenters. The molecular formula is C10H12N+. The van der Waals surface area contributed by atoms with E-state index in [0.29, 0.717) is 6.04 Å². The molecule has 0 fully saturated rings. The third-order valence-electron chi connectivity index (χ3n) is 2.12. The molecular weight excluding hydrogens is 134 g/mol. The van der Waals surface area contributed by atoms with Gasteiger partial charge in [0.15, 0.2) is 6.04 Å². The summed E-state index contributed by atoms with van der Waals surface area (Å²) in [5.41, 5.74) is 1.40. The van der Waals surface area contributed by atoms with Crippen LogP contribution in [0.5, 0.6) is 0 Å². The van der Waals surface area contributed by atoms with E-state index < -0.39 is 0 Å². The van der Waals surface area contributed by atoms with Crippen LogP contribution in [0, 0.1) is 0 Å². The second-order valence-electron chi connectivity index (χ2n) is 2.91. The largest absolute Gasteiger partial charge is 0.245 e. The van der Waals surface area contributed by atoms with Crippen LogP contribution in [-0.2, 0) is 0 Å². The maximum absolute atomic E-state index is 3.35. The first-order valence-electron chi connectivity index (χ1n) is 4.09. The molecule has 0 bridgehead atoms. The van der Waals surface area contributed by atoms with Crippen LogP contribution in [0.4, 0.5) is 0 Å². The molecule has 0 aromatic heterocycles. The fourth-order valence-electron chi connectivity index (χ4n) is 1.51. The van der Waals surface area contributed by atoms with E-state index in [4.69, 9.17) is 0 Å². The van der Waals surface area contributed by atoms with Gasteiger partial charge in [0.05, 0.1) is 0 Å². The molecule has 11 heavy (non-hydrogen) atoms. The molecule has 1 N–H and O–H groups in total. The van der Waals surface area contributed by atoms with Crippen molar-refractivity contribution in [2.24, 2.45) is 0 Å². The van der Waals surface area contributed by atoms with Gasteiger partial charge in [-0.3, -0.25) is 0 Å². The van der Waals surface area contributed by atoms with Crippen LogP contribution in [-0.4, -0.2) is 6.21 Å². The van der Waals surface area contributed by atoms with Gasteiger partial charge in [0.2, 0.25) is 0 Å². The van der Waals surface area contributed by atoms with E-state index in [2.05, 4.69) is 41.5 Å². The molecule has 1 aromatic carbocycles. The molecule has 1 aromatic rings. The van der Waals surface area contributed by atoms with Crippen molar-refractivity contribution in [3.8, 4) is 0 Å². The molecule has 1 unspecified atom stereocenters. The molecule has 0 aliphatic carbocycles. The predicted molar refractivity (Wildman–Crippen MR) is 45.4 cm³/mol. The van der Waals surface area contributed by atoms with Crippen molar-refractivity contribution in [1.82, 2.24) is 0 Å². The Morgan fingerprint density at radius 3 is 2.64 bits per heavy atom. The average molecular weight is 146 g/mol. The normalized spacial score (nSPS) is 22.4. The van der Waals surface area contributed by atoms with Crippen LogP contribution in [0.2, 0.25) is 0 Å². The molecule has 0 saturated heterocycles. The fourth-order valence-corrected chi connectivity index (χ4v) is 1.51. The number of nitrogens with one attached hydrogen (secondary N) is 1. The molecule has 1 aliphatic heterocycles. The Kier molecular flexibility index (Phi) is 1.72. The van der Waals surface area contributed by atoms with Crippen molar-refractivity contribution in [3.05, 3.63) is 35.9 Å². The summed E-state index contributed by atoms with van der Waals surface area (Å²) in [6, 6.07) is 11.2. The minimum Gasteiger partial charge on any atom is -0.245 e. The van der Waals surface area contributed by atoms with Gasteiger partial charge in [-0.15, -0.1) is 0 Å². The lowest BCUT2D eigenvalue weighted by molar-refractivity contribution is -0.495. The predicted octanol–water partition coefficient (Wildman–Crippen LogP) is 0.673. The highest BCUT2D eigenvalue weighted by Crippen LogP contribution is 2.14. The van der Waals surface area contributed by atoms with Crippen LogP contribution < -0.4 is 4.99 Å². The smallest absolute Gasteiger partial charge is 0.176 e. The molecule has 2 rings (SSSR count). The summed E-state index contributed by atoms with van der Waals surface area (Å²) in [7, 11) is 0. The summed E-state index contributed by atoms with van der Waals surface area (Å²) in [5.74, 6) is 0. The van der Waals surface area contributed by atoms with Gasteiger partial charge in [-0.05, 0) is 0 Å². The molecule has 1 heterocycles. The van der Waals surface area contributed by atoms with E-state index in [0.717, 1.165) is 0 Å². The minimum absolute atomic E-state index is 0.566. The highest BCUT2D eigenvalue weighted by molar-refractivity contribution is 5.51. The van der Waals surface area contributed by atoms with Crippen molar-refractivity contribution in [3.63, 3.8) is 0 Å². The van der Waals surface area contributed by atoms with Crippen molar-refractivity contribution in [1.29, 1.82) is 0 Å². The highest BCUT2D eigenvalue weighted by Gasteiger charge is 2.17. The Bertz CT molecular complexity index is 251. The van der Waals surface area contributed by atoms with Gasteiger partial charge in [-0.2, -0.15) is 0 Å². The second kappa shape index (κ2) is 2.87. The van der Waals surface area contributed by atoms with E-state index in [1.165, 1.54) is 18.4 Å². The summed E-state index contributed by atoms with van der Waals surface area (Å²) in [5, 5.41) is 0. The van der Waals surface area contributed by atoms with Gasteiger partial charge in [-0.1, -0.05) is 30.3 Å². The second-order valence-corrected chi connectivity index (χ2v) is 2.91. The molecule has 0 spiro atoms. The van der Waals surface area contributed by atoms with Gasteiger partial charge < -0.3 is 0 Å². The third kappa shape index (κ3) is 1.32. The summed E-state index contributed by atoms with van der Waals surface area (Å²) in [6.45, 7) is 0. The highest BCUT2D eigenvalue weighted by atomic mass is 14.8. The van der Waals surface area contributed by atoms with E-state index >= 15 is 0 Å². The van der Waals surface area contributed by atoms with E-state index in [9.17, 15) is 0 Å². The monoisotopic (exact) mass is 146 g/mol. The lowest BCUT2D eigenvalue weighted by Gasteiger charge is -1.99. The zero-order valence-electron chi connectivity index (χ0n) is 6.46. The molecule has 0 amide bonds. The molecule has 1 heteroatoms. The maximum Gasteiger partial charge on any atom is 0.176 e. The Morgan fingerprint density at radius 1 is 1.18 bits per heavy atom. The Hall–Kier alpha value is -1.11. The zero-order chi connectivity index (χ0) is 7.52. The van der Waals surface area contributed by atoms with Crippen molar-refractivity contribution in [2.75, 3.05) is 0 Å². The molecule has 1 nitrogen and oxygen atoms in total. The number of benzene rings is 1. The first kappa shape index (κ1) is 6.59. The lowest BCUT2D eigenvalue weighted by atomic mass is 10.1. The van der Waals surface area contributed by atoms with E-state index in [-0.39, 0.29) is 0 Å². The lowest BCUT2D eigenvalue weighted by Crippen LogP contribution is -2.67. The van der Waals surface area contributed by atoms with Crippen LogP contribution in [0.15, 0.2) is 30.3 Å². The molecule has 1 aliphatic rings. The zero-order valence-corrected chi connectivity index (χ0v) is 6.46. The summed E-state index contributed by atoms with van der Waals surface area (Å²) < 4.78 is 0. The molecule has 0 saturated carbocycles. The van der Waals surface area contributed by atoms with Gasteiger partial charge in [0.25, 0.3) is 0 Å². The Balaban J connectivity index is 2.23. The van der Waals surface area contributed by atoms with Crippen LogP contribution in [0.3, 0.4) is 0 Å².